The highest BCUT2D eigenvalue weighted by Crippen LogP contribution is 2.46. The normalized spacial score (nSPS) is 15.9. The summed E-state index contributed by atoms with van der Waals surface area (Å²) in [6, 6.07) is 63.2. The maximum absolute atomic E-state index is 2.62. The van der Waals surface area contributed by atoms with Crippen LogP contribution in [0.4, 0.5) is 0 Å². The monoisotopic (exact) mass is 788 g/mol. The molecule has 1 aliphatic carbocycles. The molecule has 4 heteroatoms. The molecule has 13 rings (SSSR count). The Morgan fingerprint density at radius 2 is 1.05 bits per heavy atom. The van der Waals surface area contributed by atoms with E-state index < -0.39 is 0 Å². The maximum Gasteiger partial charge on any atom is 0.0678 e. The lowest BCUT2D eigenvalue weighted by Crippen LogP contribution is -2.16. The Bertz CT molecular complexity index is 3750. The van der Waals surface area contributed by atoms with Gasteiger partial charge in [-0.3, -0.25) is 0 Å². The van der Waals surface area contributed by atoms with Gasteiger partial charge in [-0.05, 0) is 76.7 Å². The van der Waals surface area contributed by atoms with Gasteiger partial charge in [-0.25, -0.2) is 0 Å². The van der Waals surface area contributed by atoms with Crippen molar-refractivity contribution in [2.45, 2.75) is 13.0 Å². The van der Waals surface area contributed by atoms with Crippen molar-refractivity contribution in [3.63, 3.8) is 0 Å². The Kier molecular flexibility index (Phi) is 7.13. The topological polar surface area (TPSA) is 9.86 Å². The summed E-state index contributed by atoms with van der Waals surface area (Å²) < 4.78 is 10.5. The fourth-order valence-electron chi connectivity index (χ4n) is 10.1. The Morgan fingerprint density at radius 3 is 1.81 bits per heavy atom. The van der Waals surface area contributed by atoms with E-state index >= 15 is 0 Å². The molecule has 2 unspecified atom stereocenters. The molecule has 0 aliphatic heterocycles. The van der Waals surface area contributed by atoms with Crippen LogP contribution in [0.15, 0.2) is 188 Å². The van der Waals surface area contributed by atoms with Crippen LogP contribution in [0.5, 0.6) is 0 Å². The van der Waals surface area contributed by atoms with Crippen LogP contribution in [0, 0.1) is 5.92 Å². The van der Waals surface area contributed by atoms with Gasteiger partial charge in [-0.1, -0.05) is 146 Å². The van der Waals surface area contributed by atoms with Crippen molar-refractivity contribution in [3.8, 4) is 16.8 Å². The van der Waals surface area contributed by atoms with Gasteiger partial charge < -0.3 is 9.13 Å². The first-order valence-electron chi connectivity index (χ1n) is 20.5. The predicted molar refractivity (Wildman–Crippen MR) is 257 cm³/mol. The Morgan fingerprint density at radius 1 is 0.458 bits per heavy atom. The number of hydrogen-bond donors (Lipinski definition) is 0. The molecule has 0 N–H and O–H groups in total. The molecule has 59 heavy (non-hydrogen) atoms. The third-order valence-corrected chi connectivity index (χ3v) is 15.2. The van der Waals surface area contributed by atoms with E-state index in [0.717, 1.165) is 0 Å². The van der Waals surface area contributed by atoms with Crippen LogP contribution in [0.25, 0.3) is 106 Å². The van der Waals surface area contributed by atoms with E-state index in [0.29, 0.717) is 5.92 Å². The second-order valence-electron chi connectivity index (χ2n) is 16.1. The van der Waals surface area contributed by atoms with Crippen LogP contribution >= 0.6 is 22.7 Å². The third kappa shape index (κ3) is 4.85. The lowest BCUT2D eigenvalue weighted by Gasteiger charge is -2.27. The van der Waals surface area contributed by atoms with Crippen LogP contribution in [0.2, 0.25) is 0 Å². The molecule has 0 bridgehead atoms. The Labute approximate surface area is 348 Å². The van der Waals surface area contributed by atoms with Gasteiger partial charge in [0.15, 0.2) is 0 Å². The molecule has 0 saturated heterocycles. The number of benzene rings is 8. The van der Waals surface area contributed by atoms with Crippen molar-refractivity contribution >= 4 is 112 Å². The second-order valence-corrected chi connectivity index (χ2v) is 18.2. The van der Waals surface area contributed by atoms with E-state index in [4.69, 9.17) is 0 Å². The zero-order valence-corrected chi connectivity index (χ0v) is 33.9. The number of para-hydroxylation sites is 2. The summed E-state index contributed by atoms with van der Waals surface area (Å²) in [7, 11) is 0. The summed E-state index contributed by atoms with van der Waals surface area (Å²) in [6.45, 7) is 2.38. The Balaban J connectivity index is 0.875. The minimum atomic E-state index is 0.199. The number of allylic oxidation sites excluding steroid dienone is 4. The quantitative estimate of drug-likeness (QED) is 0.168. The third-order valence-electron chi connectivity index (χ3n) is 12.8. The van der Waals surface area contributed by atoms with Gasteiger partial charge in [0.25, 0.3) is 0 Å². The van der Waals surface area contributed by atoms with Crippen molar-refractivity contribution in [2.75, 3.05) is 0 Å². The average molecular weight is 789 g/mol. The van der Waals surface area contributed by atoms with Crippen molar-refractivity contribution < 1.29 is 0 Å². The fraction of sp³-hybridized carbons (Fsp3) is 0.0545. The van der Waals surface area contributed by atoms with Gasteiger partial charge in [0.2, 0.25) is 0 Å². The smallest absolute Gasteiger partial charge is 0.0678 e. The molecule has 12 aromatic rings. The highest BCUT2D eigenvalue weighted by atomic mass is 32.1. The van der Waals surface area contributed by atoms with E-state index in [9.17, 15) is 0 Å². The molecule has 8 aromatic carbocycles. The predicted octanol–water partition coefficient (Wildman–Crippen LogP) is 16.1. The van der Waals surface area contributed by atoms with Crippen LogP contribution in [0.3, 0.4) is 0 Å². The summed E-state index contributed by atoms with van der Waals surface area (Å²) >= 11 is 3.82. The highest BCUT2D eigenvalue weighted by Gasteiger charge is 2.26. The van der Waals surface area contributed by atoms with E-state index in [2.05, 4.69) is 204 Å². The zero-order valence-electron chi connectivity index (χ0n) is 32.3. The molecular formula is C55H36N2S2. The number of rotatable bonds is 4. The van der Waals surface area contributed by atoms with Gasteiger partial charge in [-0.2, -0.15) is 0 Å². The second kappa shape index (κ2) is 12.6. The van der Waals surface area contributed by atoms with Gasteiger partial charge in [0.1, 0.15) is 0 Å². The number of fused-ring (bicyclic) bond motifs is 13. The molecular weight excluding hydrogens is 753 g/mol. The van der Waals surface area contributed by atoms with E-state index in [1.807, 2.05) is 22.7 Å². The molecule has 0 amide bonds. The highest BCUT2D eigenvalue weighted by molar-refractivity contribution is 7.27. The molecule has 1 aliphatic rings. The van der Waals surface area contributed by atoms with Crippen LogP contribution in [-0.4, -0.2) is 9.13 Å². The molecule has 278 valence electrons. The number of aromatic nitrogens is 2. The molecule has 4 aromatic heterocycles. The zero-order chi connectivity index (χ0) is 38.8. The van der Waals surface area contributed by atoms with Gasteiger partial charge in [0.05, 0.1) is 27.3 Å². The maximum atomic E-state index is 2.62. The van der Waals surface area contributed by atoms with Crippen molar-refractivity contribution in [1.29, 1.82) is 0 Å². The fourth-order valence-corrected chi connectivity index (χ4v) is 12.6. The minimum Gasteiger partial charge on any atom is -0.332 e. The summed E-state index contributed by atoms with van der Waals surface area (Å²) in [4.78, 5) is 0. The van der Waals surface area contributed by atoms with E-state index in [1.54, 1.807) is 0 Å². The van der Waals surface area contributed by atoms with Crippen LogP contribution in [-0.2, 0) is 0 Å². The van der Waals surface area contributed by atoms with Crippen molar-refractivity contribution in [2.24, 2.45) is 5.92 Å². The van der Waals surface area contributed by atoms with Gasteiger partial charge in [0, 0.05) is 68.4 Å². The molecule has 0 spiro atoms. The summed E-state index contributed by atoms with van der Waals surface area (Å²) in [6.07, 6.45) is 7.27. The van der Waals surface area contributed by atoms with Gasteiger partial charge in [-0.15, -0.1) is 22.7 Å². The van der Waals surface area contributed by atoms with Crippen molar-refractivity contribution in [3.05, 3.63) is 194 Å². The number of hydrogen-bond acceptors (Lipinski definition) is 2. The standard InChI is InChI=1S/C55H36N2S2/c1-33-31-35(23-29-47(33)57-49-18-7-2-11-39(49)43-27-28-45-42-14-5-9-20-52(42)59-55(45)53(43)57)34-21-25-37(26-22-34)56-48-17-6-3-12-40(48)46-32-36(24-30-50(46)56)38-15-10-16-44-41-13-4-8-19-51(41)58-54(38)44/h2-33,47H,1H3. The van der Waals surface area contributed by atoms with E-state index in [-0.39, 0.29) is 6.04 Å². The first-order valence-corrected chi connectivity index (χ1v) is 22.1. The Hall–Kier alpha value is -6.72. The molecule has 4 heterocycles. The summed E-state index contributed by atoms with van der Waals surface area (Å²) in [5.41, 5.74) is 11.3. The minimum absolute atomic E-state index is 0.199. The first-order chi connectivity index (χ1) is 29.2. The largest absolute Gasteiger partial charge is 0.332 e. The summed E-state index contributed by atoms with van der Waals surface area (Å²) in [5, 5.41) is 10.6. The van der Waals surface area contributed by atoms with Gasteiger partial charge >= 0.3 is 0 Å². The number of nitrogens with zero attached hydrogens (tertiary/aromatic N) is 2. The van der Waals surface area contributed by atoms with Crippen LogP contribution in [0.1, 0.15) is 18.5 Å². The molecule has 0 radical (unpaired) electrons. The molecule has 0 fully saturated rings. The average Bonchev–Trinajstić information content (AvgIpc) is 4.04. The van der Waals surface area contributed by atoms with Crippen LogP contribution < -0.4 is 0 Å². The molecule has 2 atom stereocenters. The first kappa shape index (κ1) is 33.3. The number of thiophene rings is 2. The lowest BCUT2D eigenvalue weighted by atomic mass is 9.89. The lowest BCUT2D eigenvalue weighted by molar-refractivity contribution is 0.512. The molecule has 2 nitrogen and oxygen atoms in total. The SMILES string of the molecule is CC1C=C(c2ccc(-n3c4ccccc4c4cc(-c5cccc6c5sc5ccccc56)ccc43)cc2)C=CC1n1c2ccccc2c2ccc3c4ccccc4sc3c21. The van der Waals surface area contributed by atoms with E-state index in [1.165, 1.54) is 112 Å². The summed E-state index contributed by atoms with van der Waals surface area (Å²) in [5.74, 6) is 0.295. The molecule has 0 saturated carbocycles. The van der Waals surface area contributed by atoms with Crippen molar-refractivity contribution in [1.82, 2.24) is 9.13 Å².